The summed E-state index contributed by atoms with van der Waals surface area (Å²) in [4.78, 5) is 26.1. The van der Waals surface area contributed by atoms with E-state index in [1.807, 2.05) is 42.4 Å². The summed E-state index contributed by atoms with van der Waals surface area (Å²) in [6.07, 6.45) is 3.02. The molecule has 0 aliphatic carbocycles. The number of piperazine rings is 1. The molecule has 144 valence electrons. The molecule has 1 fully saturated rings. The number of hydrogen-bond acceptors (Lipinski definition) is 9. The van der Waals surface area contributed by atoms with Gasteiger partial charge in [0.15, 0.2) is 0 Å². The van der Waals surface area contributed by atoms with Crippen LogP contribution in [0.4, 0.5) is 23.0 Å². The number of likely N-dealkylation sites (N-methyl/N-ethyl adjacent to an activating group) is 1. The minimum Gasteiger partial charge on any atom is -0.334 e. The Morgan fingerprint density at radius 1 is 1.04 bits per heavy atom. The standard InChI is InChI=1S/C18H20N8O2/c1-24-8-10-25(11-9-24)23-18-16(26(27)28)17(20-12-21-18)22-15-6-2-5-14-13(15)4-3-7-19-14/h2-7,12H,8-11H2,1H3,(H2,20,21,22,23). The number of fused-ring (bicyclic) bond motifs is 1. The lowest BCUT2D eigenvalue weighted by Gasteiger charge is -2.32. The second-order valence-corrected chi connectivity index (χ2v) is 6.58. The molecule has 0 atom stereocenters. The summed E-state index contributed by atoms with van der Waals surface area (Å²) in [5.74, 6) is 0.304. The molecular weight excluding hydrogens is 360 g/mol. The molecule has 1 aliphatic heterocycles. The number of pyridine rings is 1. The fourth-order valence-electron chi connectivity index (χ4n) is 3.13. The van der Waals surface area contributed by atoms with Gasteiger partial charge in [-0.15, -0.1) is 0 Å². The molecule has 2 aromatic heterocycles. The zero-order chi connectivity index (χ0) is 19.5. The van der Waals surface area contributed by atoms with Crippen molar-refractivity contribution >= 4 is 33.9 Å². The molecule has 0 radical (unpaired) electrons. The van der Waals surface area contributed by atoms with Gasteiger partial charge in [-0.3, -0.25) is 20.5 Å². The lowest BCUT2D eigenvalue weighted by Crippen LogP contribution is -2.47. The Morgan fingerprint density at radius 2 is 1.82 bits per heavy atom. The van der Waals surface area contributed by atoms with E-state index in [1.54, 1.807) is 6.20 Å². The Kier molecular flexibility index (Phi) is 4.96. The number of nitrogens with zero attached hydrogens (tertiary/aromatic N) is 6. The van der Waals surface area contributed by atoms with E-state index in [-0.39, 0.29) is 17.3 Å². The van der Waals surface area contributed by atoms with Gasteiger partial charge in [-0.2, -0.15) is 0 Å². The molecule has 3 heterocycles. The summed E-state index contributed by atoms with van der Waals surface area (Å²) in [7, 11) is 2.05. The van der Waals surface area contributed by atoms with Gasteiger partial charge in [0.25, 0.3) is 0 Å². The summed E-state index contributed by atoms with van der Waals surface area (Å²) < 4.78 is 0. The van der Waals surface area contributed by atoms with E-state index in [0.717, 1.165) is 37.1 Å². The monoisotopic (exact) mass is 380 g/mol. The molecule has 10 heteroatoms. The zero-order valence-electron chi connectivity index (χ0n) is 15.4. The number of benzene rings is 1. The maximum Gasteiger partial charge on any atom is 0.354 e. The van der Waals surface area contributed by atoms with Gasteiger partial charge in [0.05, 0.1) is 10.4 Å². The van der Waals surface area contributed by atoms with Crippen molar-refractivity contribution in [3.05, 3.63) is 53.0 Å². The Balaban J connectivity index is 1.66. The van der Waals surface area contributed by atoms with Crippen LogP contribution in [-0.4, -0.2) is 63.0 Å². The lowest BCUT2D eigenvalue weighted by atomic mass is 10.2. The molecule has 4 rings (SSSR count). The zero-order valence-corrected chi connectivity index (χ0v) is 15.4. The van der Waals surface area contributed by atoms with Crippen LogP contribution in [0.3, 0.4) is 0 Å². The molecular formula is C18H20N8O2. The minimum atomic E-state index is -0.468. The molecule has 0 spiro atoms. The molecule has 0 unspecified atom stereocenters. The van der Waals surface area contributed by atoms with Gasteiger partial charge in [0.1, 0.15) is 6.33 Å². The second kappa shape index (κ2) is 7.71. The van der Waals surface area contributed by atoms with Crippen molar-refractivity contribution < 1.29 is 4.92 Å². The summed E-state index contributed by atoms with van der Waals surface area (Å²) >= 11 is 0. The average Bonchev–Trinajstić information content (AvgIpc) is 2.70. The van der Waals surface area contributed by atoms with Gasteiger partial charge in [-0.25, -0.2) is 15.0 Å². The van der Waals surface area contributed by atoms with Crippen molar-refractivity contribution in [3.8, 4) is 0 Å². The van der Waals surface area contributed by atoms with Crippen LogP contribution >= 0.6 is 0 Å². The fraction of sp³-hybridized carbons (Fsp3) is 0.278. The van der Waals surface area contributed by atoms with Gasteiger partial charge in [-0.05, 0) is 31.3 Å². The first-order valence-corrected chi connectivity index (χ1v) is 8.92. The SMILES string of the molecule is CN1CCN(Nc2ncnc(Nc3cccc4ncccc34)c2[N+](=O)[O-])CC1. The molecule has 10 nitrogen and oxygen atoms in total. The van der Waals surface area contributed by atoms with E-state index < -0.39 is 4.92 Å². The Labute approximate surface area is 161 Å². The molecule has 1 aromatic carbocycles. The van der Waals surface area contributed by atoms with Crippen molar-refractivity contribution in [2.24, 2.45) is 0 Å². The van der Waals surface area contributed by atoms with Crippen LogP contribution in [0.15, 0.2) is 42.9 Å². The van der Waals surface area contributed by atoms with Crippen LogP contribution in [0, 0.1) is 10.1 Å². The predicted octanol–water partition coefficient (Wildman–Crippen LogP) is 2.25. The second-order valence-electron chi connectivity index (χ2n) is 6.58. The van der Waals surface area contributed by atoms with Crippen LogP contribution < -0.4 is 10.7 Å². The van der Waals surface area contributed by atoms with E-state index >= 15 is 0 Å². The molecule has 0 amide bonds. The topological polar surface area (TPSA) is 112 Å². The third kappa shape index (κ3) is 3.68. The lowest BCUT2D eigenvalue weighted by molar-refractivity contribution is -0.383. The predicted molar refractivity (Wildman–Crippen MR) is 106 cm³/mol. The highest BCUT2D eigenvalue weighted by Crippen LogP contribution is 2.33. The van der Waals surface area contributed by atoms with E-state index in [9.17, 15) is 10.1 Å². The van der Waals surface area contributed by atoms with Gasteiger partial charge < -0.3 is 10.2 Å². The normalized spacial score (nSPS) is 15.5. The van der Waals surface area contributed by atoms with Crippen molar-refractivity contribution in [1.29, 1.82) is 0 Å². The summed E-state index contributed by atoms with van der Waals surface area (Å²) in [5, 5.41) is 17.7. The Morgan fingerprint density at radius 3 is 2.61 bits per heavy atom. The molecule has 1 aliphatic rings. The van der Waals surface area contributed by atoms with E-state index in [4.69, 9.17) is 0 Å². The number of nitro groups is 1. The van der Waals surface area contributed by atoms with E-state index in [2.05, 4.69) is 30.6 Å². The van der Waals surface area contributed by atoms with Crippen molar-refractivity contribution in [3.63, 3.8) is 0 Å². The Bertz CT molecular complexity index is 999. The highest BCUT2D eigenvalue weighted by Gasteiger charge is 2.26. The smallest absolute Gasteiger partial charge is 0.334 e. The highest BCUT2D eigenvalue weighted by molar-refractivity contribution is 5.93. The largest absolute Gasteiger partial charge is 0.354 e. The van der Waals surface area contributed by atoms with Gasteiger partial charge in [0.2, 0.25) is 11.6 Å². The number of rotatable bonds is 5. The van der Waals surface area contributed by atoms with E-state index in [0.29, 0.717) is 5.69 Å². The van der Waals surface area contributed by atoms with Gasteiger partial charge >= 0.3 is 5.69 Å². The molecule has 1 saturated heterocycles. The maximum absolute atomic E-state index is 11.8. The Hall–Kier alpha value is -3.37. The molecule has 0 bridgehead atoms. The first-order valence-electron chi connectivity index (χ1n) is 8.92. The van der Waals surface area contributed by atoms with Crippen LogP contribution in [0.25, 0.3) is 10.9 Å². The summed E-state index contributed by atoms with van der Waals surface area (Å²) in [6.45, 7) is 3.24. The van der Waals surface area contributed by atoms with Crippen LogP contribution in [0.2, 0.25) is 0 Å². The number of anilines is 3. The van der Waals surface area contributed by atoms with Gasteiger partial charge in [0, 0.05) is 43.4 Å². The van der Waals surface area contributed by atoms with Crippen molar-refractivity contribution in [2.45, 2.75) is 0 Å². The quantitative estimate of drug-likeness (QED) is 0.508. The number of hydrazine groups is 1. The van der Waals surface area contributed by atoms with Crippen LogP contribution in [0.5, 0.6) is 0 Å². The minimum absolute atomic E-state index is 0.132. The first-order chi connectivity index (χ1) is 13.6. The van der Waals surface area contributed by atoms with E-state index in [1.165, 1.54) is 6.33 Å². The van der Waals surface area contributed by atoms with Crippen LogP contribution in [-0.2, 0) is 0 Å². The number of hydrogen-bond donors (Lipinski definition) is 2. The highest BCUT2D eigenvalue weighted by atomic mass is 16.6. The molecule has 2 N–H and O–H groups in total. The van der Waals surface area contributed by atoms with Gasteiger partial charge in [-0.1, -0.05) is 6.07 Å². The number of aromatic nitrogens is 3. The third-order valence-corrected chi connectivity index (χ3v) is 4.67. The fourth-order valence-corrected chi connectivity index (χ4v) is 3.13. The maximum atomic E-state index is 11.8. The summed E-state index contributed by atoms with van der Waals surface area (Å²) in [6, 6.07) is 9.29. The van der Waals surface area contributed by atoms with Crippen LogP contribution in [0.1, 0.15) is 0 Å². The molecule has 0 saturated carbocycles. The average molecular weight is 380 g/mol. The molecule has 28 heavy (non-hydrogen) atoms. The first kappa shape index (κ1) is 18.0. The third-order valence-electron chi connectivity index (χ3n) is 4.67. The van der Waals surface area contributed by atoms with Crippen molar-refractivity contribution in [1.82, 2.24) is 24.9 Å². The van der Waals surface area contributed by atoms with Crippen molar-refractivity contribution in [2.75, 3.05) is 44.0 Å². The summed E-state index contributed by atoms with van der Waals surface area (Å²) in [5.41, 5.74) is 4.37. The molecule has 3 aromatic rings. The number of nitrogens with one attached hydrogen (secondary N) is 2.